The predicted molar refractivity (Wildman–Crippen MR) is 50.9 cm³/mol. The number of hydrogen-bond donors (Lipinski definition) is 2. The van der Waals surface area contributed by atoms with Gasteiger partial charge in [0.2, 0.25) is 0 Å². The molecule has 0 aliphatic carbocycles. The smallest absolute Gasteiger partial charge is 0.748 e. The van der Waals surface area contributed by atoms with E-state index in [0.717, 1.165) is 6.42 Å². The van der Waals surface area contributed by atoms with Crippen molar-refractivity contribution in [2.45, 2.75) is 19.8 Å². The van der Waals surface area contributed by atoms with Gasteiger partial charge in [-0.15, -0.1) is 0 Å². The fourth-order valence-corrected chi connectivity index (χ4v) is 1.25. The average molecular weight is 246 g/mol. The normalized spacial score (nSPS) is 10.3. The Morgan fingerprint density at radius 1 is 1.27 bits per heavy atom. The molecule has 8 heteroatoms. The molecule has 0 aromatic rings. The number of amides is 2. The van der Waals surface area contributed by atoms with Crippen molar-refractivity contribution in [3.63, 3.8) is 0 Å². The first-order chi connectivity index (χ1) is 6.45. The summed E-state index contributed by atoms with van der Waals surface area (Å²) in [4.78, 5) is 10.9. The van der Waals surface area contributed by atoms with Crippen LogP contribution in [0.2, 0.25) is 0 Å². The van der Waals surface area contributed by atoms with Gasteiger partial charge < -0.3 is 15.2 Å². The molecule has 0 aliphatic heterocycles. The molecule has 0 bridgehead atoms. The molecule has 2 amide bonds. The van der Waals surface area contributed by atoms with Gasteiger partial charge in [-0.3, -0.25) is 0 Å². The molecule has 0 unspecified atom stereocenters. The predicted octanol–water partition coefficient (Wildman–Crippen LogP) is -3.37. The Kier molecular flexibility index (Phi) is 11.0. The molecule has 2 N–H and O–H groups in total. The number of nitrogens with one attached hydrogen (secondary N) is 2. The van der Waals surface area contributed by atoms with Crippen LogP contribution in [0, 0.1) is 0 Å². The zero-order chi connectivity index (χ0) is 11.0. The van der Waals surface area contributed by atoms with Crippen LogP contribution in [0.15, 0.2) is 0 Å². The van der Waals surface area contributed by atoms with Gasteiger partial charge in [0, 0.05) is 18.8 Å². The molecule has 84 valence electrons. The van der Waals surface area contributed by atoms with Gasteiger partial charge in [0.15, 0.2) is 0 Å². The van der Waals surface area contributed by atoms with Crippen LogP contribution in [0.25, 0.3) is 0 Å². The summed E-state index contributed by atoms with van der Waals surface area (Å²) in [6.45, 7) is 2.69. The van der Waals surface area contributed by atoms with E-state index in [1.807, 2.05) is 6.92 Å². The van der Waals surface area contributed by atoms with Gasteiger partial charge >= 0.3 is 35.6 Å². The third-order valence-electron chi connectivity index (χ3n) is 1.39. The third-order valence-corrected chi connectivity index (χ3v) is 2.18. The Labute approximate surface area is 112 Å². The molecule has 0 aromatic heterocycles. The number of hydrogen-bond acceptors (Lipinski definition) is 4. The molecule has 0 radical (unpaired) electrons. The molecule has 0 saturated heterocycles. The van der Waals surface area contributed by atoms with Crippen LogP contribution in [-0.2, 0) is 10.1 Å². The average Bonchev–Trinajstić information content (AvgIpc) is 2.07. The van der Waals surface area contributed by atoms with E-state index in [1.165, 1.54) is 0 Å². The summed E-state index contributed by atoms with van der Waals surface area (Å²) in [5.74, 6) is -0.443. The van der Waals surface area contributed by atoms with Gasteiger partial charge in [-0.05, 0) is 12.8 Å². The molecule has 0 fully saturated rings. The van der Waals surface area contributed by atoms with Gasteiger partial charge in [0.05, 0.1) is 10.1 Å². The summed E-state index contributed by atoms with van der Waals surface area (Å²) in [5.41, 5.74) is 0. The van der Waals surface area contributed by atoms with E-state index in [0.29, 0.717) is 6.54 Å². The van der Waals surface area contributed by atoms with E-state index < -0.39 is 15.9 Å². The third kappa shape index (κ3) is 14.2. The summed E-state index contributed by atoms with van der Waals surface area (Å²) in [5, 5.41) is 4.99. The summed E-state index contributed by atoms with van der Waals surface area (Å²) in [6, 6.07) is -0.338. The maximum absolute atomic E-state index is 10.9. The van der Waals surface area contributed by atoms with Crippen molar-refractivity contribution in [2.24, 2.45) is 0 Å². The molecule has 15 heavy (non-hydrogen) atoms. The van der Waals surface area contributed by atoms with Crippen molar-refractivity contribution in [3.8, 4) is 0 Å². The van der Waals surface area contributed by atoms with Gasteiger partial charge in [-0.2, -0.15) is 0 Å². The Morgan fingerprint density at radius 2 is 1.80 bits per heavy atom. The Bertz CT molecular complexity index is 268. The molecule has 0 rings (SSSR count). The van der Waals surface area contributed by atoms with Gasteiger partial charge in [0.25, 0.3) is 0 Å². The summed E-state index contributed by atoms with van der Waals surface area (Å²) >= 11 is 0. The van der Waals surface area contributed by atoms with Crippen molar-refractivity contribution in [3.05, 3.63) is 0 Å². The summed E-state index contributed by atoms with van der Waals surface area (Å²) < 4.78 is 30.5. The molecule has 6 nitrogen and oxygen atoms in total. The minimum absolute atomic E-state index is 0. The van der Waals surface area contributed by atoms with Gasteiger partial charge in [-0.25, -0.2) is 13.2 Å². The van der Waals surface area contributed by atoms with Crippen molar-refractivity contribution < 1.29 is 47.3 Å². The number of carbonyl (C=O) groups is 1. The van der Waals surface area contributed by atoms with Gasteiger partial charge in [-0.1, -0.05) is 6.92 Å². The van der Waals surface area contributed by atoms with Crippen LogP contribution in [0.5, 0.6) is 0 Å². The van der Waals surface area contributed by atoms with E-state index in [2.05, 4.69) is 10.6 Å². The Hall–Kier alpha value is 0.180. The zero-order valence-electron chi connectivity index (χ0n) is 9.08. The standard InChI is InChI=1S/C7H16N2O4S.Na/c1-2-4-8-7(10)9-5-3-6-14(11,12)13;/h2-6H2,1H3,(H2,8,9,10)(H,11,12,13);/q;+1/p-1. The van der Waals surface area contributed by atoms with E-state index >= 15 is 0 Å². The maximum Gasteiger partial charge on any atom is 1.00 e. The van der Waals surface area contributed by atoms with Crippen molar-refractivity contribution >= 4 is 16.1 Å². The molecule has 0 spiro atoms. The molecule has 0 aliphatic rings. The molecule has 0 atom stereocenters. The SMILES string of the molecule is CCCNC(=O)NCCCS(=O)(=O)[O-].[Na+]. The topological polar surface area (TPSA) is 98.3 Å². The van der Waals surface area contributed by atoms with Crippen LogP contribution < -0.4 is 40.2 Å². The number of rotatable bonds is 6. The minimum Gasteiger partial charge on any atom is -0.748 e. The van der Waals surface area contributed by atoms with E-state index in [1.54, 1.807) is 0 Å². The van der Waals surface area contributed by atoms with Crippen molar-refractivity contribution in [2.75, 3.05) is 18.8 Å². The van der Waals surface area contributed by atoms with Gasteiger partial charge in [0.1, 0.15) is 0 Å². The van der Waals surface area contributed by atoms with Crippen LogP contribution in [-0.4, -0.2) is 37.8 Å². The molecule has 0 aromatic carbocycles. The second-order valence-corrected chi connectivity index (χ2v) is 4.32. The van der Waals surface area contributed by atoms with Crippen molar-refractivity contribution in [1.82, 2.24) is 10.6 Å². The first-order valence-corrected chi connectivity index (χ1v) is 5.98. The van der Waals surface area contributed by atoms with Crippen LogP contribution in [0.4, 0.5) is 4.79 Å². The molecular formula is C7H15N2NaO4S. The first-order valence-electron chi connectivity index (χ1n) is 4.41. The zero-order valence-corrected chi connectivity index (χ0v) is 11.9. The summed E-state index contributed by atoms with van der Waals surface area (Å²) in [6.07, 6.45) is 0.980. The van der Waals surface area contributed by atoms with Crippen LogP contribution >= 0.6 is 0 Å². The maximum atomic E-state index is 10.9. The second kappa shape index (κ2) is 9.41. The molecular weight excluding hydrogens is 231 g/mol. The number of urea groups is 1. The molecule has 0 heterocycles. The summed E-state index contributed by atoms with van der Waals surface area (Å²) in [7, 11) is -4.16. The Morgan fingerprint density at radius 3 is 2.27 bits per heavy atom. The largest absolute Gasteiger partial charge is 1.00 e. The van der Waals surface area contributed by atoms with E-state index in [4.69, 9.17) is 0 Å². The van der Waals surface area contributed by atoms with E-state index in [-0.39, 0.29) is 48.6 Å². The minimum atomic E-state index is -4.16. The monoisotopic (exact) mass is 246 g/mol. The first kappa shape index (κ1) is 17.6. The number of carbonyl (C=O) groups excluding carboxylic acids is 1. The fourth-order valence-electron chi connectivity index (χ4n) is 0.752. The Balaban J connectivity index is 0. The van der Waals surface area contributed by atoms with E-state index in [9.17, 15) is 17.8 Å². The van der Waals surface area contributed by atoms with Crippen LogP contribution in [0.1, 0.15) is 19.8 Å². The molecule has 0 saturated carbocycles. The quantitative estimate of drug-likeness (QED) is 0.290. The van der Waals surface area contributed by atoms with Crippen molar-refractivity contribution in [1.29, 1.82) is 0 Å². The van der Waals surface area contributed by atoms with Crippen LogP contribution in [0.3, 0.4) is 0 Å². The second-order valence-electron chi connectivity index (χ2n) is 2.80. The fraction of sp³-hybridized carbons (Fsp3) is 0.857.